The summed E-state index contributed by atoms with van der Waals surface area (Å²) in [5, 5.41) is 10.9. The summed E-state index contributed by atoms with van der Waals surface area (Å²) in [6.45, 7) is 7.87. The Morgan fingerprint density at radius 2 is 1.69 bits per heavy atom. The number of esters is 2. The molecule has 0 aromatic carbocycles. The summed E-state index contributed by atoms with van der Waals surface area (Å²) in [6.07, 6.45) is 1.16. The number of carbonyl (C=O) groups excluding carboxylic acids is 3. The minimum Gasteiger partial charge on any atom is -0.544 e. The van der Waals surface area contributed by atoms with E-state index < -0.39 is 46.9 Å². The number of alkyl halides is 2. The van der Waals surface area contributed by atoms with Crippen molar-refractivity contribution in [3.8, 4) is 0 Å². The van der Waals surface area contributed by atoms with Crippen LogP contribution in [0.5, 0.6) is 0 Å². The predicted octanol–water partition coefficient (Wildman–Crippen LogP) is 2.40. The lowest BCUT2D eigenvalue weighted by Gasteiger charge is -2.60. The average molecular weight is 413 g/mol. The zero-order chi connectivity index (χ0) is 21.8. The molecule has 0 aromatic rings. The van der Waals surface area contributed by atoms with Crippen LogP contribution < -0.4 is 5.11 Å². The van der Waals surface area contributed by atoms with Gasteiger partial charge in [-0.3, -0.25) is 4.79 Å². The topological polar surface area (TPSA) is 92.7 Å². The Morgan fingerprint density at radius 1 is 1.14 bits per heavy atom. The molecule has 0 aliphatic heterocycles. The predicted molar refractivity (Wildman–Crippen MR) is 95.4 cm³/mol. The van der Waals surface area contributed by atoms with Crippen molar-refractivity contribution in [2.75, 3.05) is 0 Å². The van der Waals surface area contributed by atoms with Crippen LogP contribution in [0.4, 0.5) is 8.78 Å². The molecule has 0 saturated heterocycles. The van der Waals surface area contributed by atoms with Gasteiger partial charge in [0.25, 0.3) is 0 Å². The van der Waals surface area contributed by atoms with Gasteiger partial charge in [0.05, 0.1) is 5.41 Å². The minimum atomic E-state index is -4.30. The summed E-state index contributed by atoms with van der Waals surface area (Å²) in [5.41, 5.74) is -1.62. The molecule has 3 atom stereocenters. The molecular weight excluding hydrogens is 386 g/mol. The van der Waals surface area contributed by atoms with E-state index in [4.69, 9.17) is 9.47 Å². The highest BCUT2D eigenvalue weighted by Crippen LogP contribution is 2.63. The summed E-state index contributed by atoms with van der Waals surface area (Å²) in [6, 6.07) is 0. The average Bonchev–Trinajstić information content (AvgIpc) is 2.56. The molecule has 0 radical (unpaired) electrons. The van der Waals surface area contributed by atoms with Crippen LogP contribution in [0.1, 0.15) is 59.3 Å². The number of hydrogen-bond acceptors (Lipinski definition) is 6. The lowest BCUT2D eigenvalue weighted by atomic mass is 9.48. The maximum absolute atomic E-state index is 14.1. The Labute approximate surface area is 168 Å². The van der Waals surface area contributed by atoms with Crippen molar-refractivity contribution in [1.82, 2.24) is 0 Å². The van der Waals surface area contributed by atoms with Crippen LogP contribution in [0.3, 0.4) is 0 Å². The highest BCUT2D eigenvalue weighted by atomic mass is 19.3. The van der Waals surface area contributed by atoms with E-state index in [1.807, 2.05) is 0 Å². The standard InChI is InChI=1S/C21H28F2O6/c1-11(2)15(21(22,23)17(25)26)28-18(27)19-6-13-5-14(7-19)9-20(8-13,10-19)29-16(24)12(3)4/h11,13-15H,3,5-10H2,1-2,4H3,(H,25,26)/p-1. The molecule has 4 aliphatic rings. The third-order valence-corrected chi connectivity index (χ3v) is 6.57. The van der Waals surface area contributed by atoms with Gasteiger partial charge in [0, 0.05) is 12.0 Å². The lowest BCUT2D eigenvalue weighted by molar-refractivity contribution is -0.338. The van der Waals surface area contributed by atoms with Crippen LogP contribution in [0.15, 0.2) is 12.2 Å². The number of hydrogen-bond donors (Lipinski definition) is 0. The summed E-state index contributed by atoms with van der Waals surface area (Å²) in [7, 11) is 0. The number of carboxylic acids is 1. The van der Waals surface area contributed by atoms with Crippen molar-refractivity contribution >= 4 is 17.9 Å². The molecule has 29 heavy (non-hydrogen) atoms. The van der Waals surface area contributed by atoms with Crippen molar-refractivity contribution in [2.24, 2.45) is 23.2 Å². The highest BCUT2D eigenvalue weighted by molar-refractivity contribution is 5.87. The lowest BCUT2D eigenvalue weighted by Crippen LogP contribution is -2.61. The summed E-state index contributed by atoms with van der Waals surface area (Å²) in [4.78, 5) is 36.2. The summed E-state index contributed by atoms with van der Waals surface area (Å²) < 4.78 is 39.1. The first-order chi connectivity index (χ1) is 13.3. The van der Waals surface area contributed by atoms with Crippen LogP contribution in [0, 0.1) is 23.2 Å². The molecule has 162 valence electrons. The molecular formula is C21H27F2O6-. The smallest absolute Gasteiger partial charge is 0.333 e. The van der Waals surface area contributed by atoms with E-state index in [9.17, 15) is 28.3 Å². The van der Waals surface area contributed by atoms with Crippen molar-refractivity contribution < 1.29 is 37.7 Å². The molecule has 0 spiro atoms. The fourth-order valence-electron chi connectivity index (χ4n) is 5.81. The zero-order valence-corrected chi connectivity index (χ0v) is 17.0. The first-order valence-electron chi connectivity index (χ1n) is 9.99. The van der Waals surface area contributed by atoms with Crippen molar-refractivity contribution in [2.45, 2.75) is 76.9 Å². The molecule has 0 heterocycles. The number of aliphatic carboxylic acids is 1. The van der Waals surface area contributed by atoms with E-state index in [2.05, 4.69) is 6.58 Å². The van der Waals surface area contributed by atoms with Gasteiger partial charge in [-0.2, -0.15) is 8.78 Å². The van der Waals surface area contributed by atoms with E-state index in [1.54, 1.807) is 6.92 Å². The number of carboxylic acid groups (broad SMARTS) is 1. The molecule has 4 fully saturated rings. The zero-order valence-electron chi connectivity index (χ0n) is 17.0. The van der Waals surface area contributed by atoms with E-state index >= 15 is 0 Å². The molecule has 8 heteroatoms. The Balaban J connectivity index is 1.85. The Kier molecular flexibility index (Phi) is 5.28. The largest absolute Gasteiger partial charge is 0.544 e. The van der Waals surface area contributed by atoms with Crippen LogP contribution >= 0.6 is 0 Å². The first kappa shape index (κ1) is 21.7. The quantitative estimate of drug-likeness (QED) is 0.470. The van der Waals surface area contributed by atoms with E-state index in [0.29, 0.717) is 25.7 Å². The third kappa shape index (κ3) is 3.78. The number of halogens is 2. The first-order valence-corrected chi connectivity index (χ1v) is 9.99. The van der Waals surface area contributed by atoms with E-state index in [1.165, 1.54) is 13.8 Å². The van der Waals surface area contributed by atoms with Gasteiger partial charge >= 0.3 is 17.9 Å². The number of rotatable bonds is 7. The van der Waals surface area contributed by atoms with Gasteiger partial charge in [0.15, 0.2) is 6.10 Å². The summed E-state index contributed by atoms with van der Waals surface area (Å²) in [5.74, 6) is -8.89. The van der Waals surface area contributed by atoms with Crippen LogP contribution in [0.25, 0.3) is 0 Å². The SMILES string of the molecule is C=C(C)C(=O)OC12CC3CC(C1)CC(C(=O)OC(C(C)C)C(F)(F)C(=O)[O-])(C3)C2. The van der Waals surface area contributed by atoms with Gasteiger partial charge in [-0.15, -0.1) is 0 Å². The van der Waals surface area contributed by atoms with E-state index in [0.717, 1.165) is 6.42 Å². The maximum Gasteiger partial charge on any atom is 0.333 e. The van der Waals surface area contributed by atoms with Crippen LogP contribution in [0.2, 0.25) is 0 Å². The molecule has 0 aromatic heterocycles. The van der Waals surface area contributed by atoms with Gasteiger partial charge in [-0.05, 0) is 56.8 Å². The van der Waals surface area contributed by atoms with Gasteiger partial charge in [0.1, 0.15) is 11.6 Å². The van der Waals surface area contributed by atoms with Crippen molar-refractivity contribution in [1.29, 1.82) is 0 Å². The Bertz CT molecular complexity index is 729. The van der Waals surface area contributed by atoms with Gasteiger partial charge < -0.3 is 19.4 Å². The molecule has 0 N–H and O–H groups in total. The van der Waals surface area contributed by atoms with Crippen LogP contribution in [-0.2, 0) is 23.9 Å². The van der Waals surface area contributed by atoms with Gasteiger partial charge in [0.2, 0.25) is 0 Å². The van der Waals surface area contributed by atoms with Gasteiger partial charge in [-0.25, -0.2) is 4.79 Å². The Morgan fingerprint density at radius 3 is 2.14 bits per heavy atom. The maximum atomic E-state index is 14.1. The number of carbonyl (C=O) groups is 3. The number of ether oxygens (including phenoxy) is 2. The molecule has 4 bridgehead atoms. The molecule has 3 unspecified atom stereocenters. The molecule has 4 saturated carbocycles. The summed E-state index contributed by atoms with van der Waals surface area (Å²) >= 11 is 0. The van der Waals surface area contributed by atoms with Crippen LogP contribution in [-0.4, -0.2) is 35.5 Å². The normalized spacial score (nSPS) is 34.0. The fourth-order valence-corrected chi connectivity index (χ4v) is 5.81. The van der Waals surface area contributed by atoms with Crippen molar-refractivity contribution in [3.05, 3.63) is 12.2 Å². The third-order valence-electron chi connectivity index (χ3n) is 6.57. The molecule has 6 nitrogen and oxygen atoms in total. The molecule has 4 aliphatic carbocycles. The van der Waals surface area contributed by atoms with E-state index in [-0.39, 0.29) is 23.8 Å². The minimum absolute atomic E-state index is 0.126. The highest BCUT2D eigenvalue weighted by Gasteiger charge is 2.63. The Hall–Kier alpha value is -1.99. The van der Waals surface area contributed by atoms with Crippen molar-refractivity contribution in [3.63, 3.8) is 0 Å². The fraction of sp³-hybridized carbons (Fsp3) is 0.762. The molecule has 4 rings (SSSR count). The van der Waals surface area contributed by atoms with Gasteiger partial charge in [-0.1, -0.05) is 20.4 Å². The molecule has 0 amide bonds. The second-order valence-electron chi connectivity index (χ2n) is 9.57. The second kappa shape index (κ2) is 7.06. The second-order valence-corrected chi connectivity index (χ2v) is 9.57. The monoisotopic (exact) mass is 413 g/mol.